The Bertz CT molecular complexity index is 2010. The number of aromatic hydroxyl groups is 1. The van der Waals surface area contributed by atoms with E-state index in [4.69, 9.17) is 9.47 Å². The number of hydrogen-bond acceptors (Lipinski definition) is 14. The predicted octanol–water partition coefficient (Wildman–Crippen LogP) is 2.09. The maximum Gasteiger partial charge on any atom is 0.412 e. The summed E-state index contributed by atoms with van der Waals surface area (Å²) in [5.74, 6) is -2.87. The number of carboxylic acid groups (broad SMARTS) is 1. The molecule has 2 fully saturated rings. The molecule has 3 amide bonds. The summed E-state index contributed by atoms with van der Waals surface area (Å²) < 4.78 is 12.6. The first-order valence-electron chi connectivity index (χ1n) is 20.4. The molecule has 10 N–H and O–H groups in total. The number of benzene rings is 2. The van der Waals surface area contributed by atoms with Gasteiger partial charge in [0.2, 0.25) is 5.91 Å². The Hall–Kier alpha value is -5.18. The minimum atomic E-state index is -2.51. The number of nitrogens with one attached hydrogen (secondary N) is 3. The molecule has 3 aromatic rings. The van der Waals surface area contributed by atoms with E-state index in [0.717, 1.165) is 37.8 Å². The van der Waals surface area contributed by atoms with Crippen LogP contribution < -0.4 is 16.0 Å². The summed E-state index contributed by atoms with van der Waals surface area (Å²) in [4.78, 5) is 52.0. The fourth-order valence-electron chi connectivity index (χ4n) is 7.86. The van der Waals surface area contributed by atoms with E-state index in [-0.39, 0.29) is 35.0 Å². The zero-order chi connectivity index (χ0) is 44.8. The molecule has 1 unspecified atom stereocenters. The van der Waals surface area contributed by atoms with E-state index in [0.29, 0.717) is 11.1 Å². The lowest BCUT2D eigenvalue weighted by molar-refractivity contribution is -0.236. The highest BCUT2D eigenvalue weighted by Gasteiger charge is 2.56. The van der Waals surface area contributed by atoms with Crippen LogP contribution in [0.2, 0.25) is 0 Å². The summed E-state index contributed by atoms with van der Waals surface area (Å²) in [5, 5.41) is 93.6. The Kier molecular flexibility index (Phi) is 15.1. The van der Waals surface area contributed by atoms with Crippen LogP contribution in [0.15, 0.2) is 42.6 Å². The lowest BCUT2D eigenvalue weighted by Gasteiger charge is -2.48. The van der Waals surface area contributed by atoms with Gasteiger partial charge in [0.1, 0.15) is 36.2 Å². The highest BCUT2D eigenvalue weighted by molar-refractivity contribution is 5.95. The van der Waals surface area contributed by atoms with Crippen molar-refractivity contribution in [3.8, 4) is 5.75 Å². The molecule has 5 rings (SSSR count). The minimum Gasteiger partial charge on any atom is -0.507 e. The summed E-state index contributed by atoms with van der Waals surface area (Å²) in [6, 6.07) is 7.07. The van der Waals surface area contributed by atoms with Crippen LogP contribution in [-0.2, 0) is 25.6 Å². The molecule has 0 bridgehead atoms. The molecule has 2 aromatic carbocycles. The zero-order valence-electron chi connectivity index (χ0n) is 34.9. The van der Waals surface area contributed by atoms with Gasteiger partial charge in [0.25, 0.3) is 5.91 Å². The molecule has 0 radical (unpaired) electrons. The van der Waals surface area contributed by atoms with Crippen LogP contribution in [0.5, 0.6) is 5.75 Å². The van der Waals surface area contributed by atoms with E-state index in [1.165, 1.54) is 41.1 Å². The maximum atomic E-state index is 13.5. The van der Waals surface area contributed by atoms with Gasteiger partial charge in [-0.1, -0.05) is 36.6 Å². The van der Waals surface area contributed by atoms with Crippen LogP contribution in [0.4, 0.5) is 10.5 Å². The topological polar surface area (TPSA) is 295 Å². The number of rotatable bonds is 15. The Morgan fingerprint density at radius 3 is 2.31 bits per heavy atom. The van der Waals surface area contributed by atoms with Gasteiger partial charge >= 0.3 is 12.1 Å². The third kappa shape index (κ3) is 12.0. The molecule has 334 valence electrons. The summed E-state index contributed by atoms with van der Waals surface area (Å²) in [6.07, 6.45) is -6.79. The minimum absolute atomic E-state index is 0.00450. The summed E-state index contributed by atoms with van der Waals surface area (Å²) in [7, 11) is 0. The van der Waals surface area contributed by atoms with Crippen LogP contribution in [0.3, 0.4) is 0 Å². The van der Waals surface area contributed by atoms with Gasteiger partial charge in [0.05, 0.1) is 30.0 Å². The third-order valence-electron chi connectivity index (χ3n) is 11.0. The van der Waals surface area contributed by atoms with Gasteiger partial charge in [-0.25, -0.2) is 14.3 Å². The second kappa shape index (κ2) is 19.7. The summed E-state index contributed by atoms with van der Waals surface area (Å²) in [6.45, 7) is 7.26. The average molecular weight is 855 g/mol. The monoisotopic (exact) mass is 854 g/mol. The van der Waals surface area contributed by atoms with Crippen molar-refractivity contribution in [1.29, 1.82) is 0 Å². The molecule has 19 nitrogen and oxygen atoms in total. The smallest absolute Gasteiger partial charge is 0.412 e. The van der Waals surface area contributed by atoms with Crippen molar-refractivity contribution in [2.45, 2.75) is 146 Å². The SMILES string of the molecule is Cc1cc(C(=O)NC[C@@H](O)[C@@H](O)[C@@H]2O[C@@](CC(O)[C@@H](O)c3cccc(NC(=O)OC(C)(C)C)c3)(C(=O)O)C[C@H](O)[C@H]2NC(=O)Cn2cc(C3CCCCC3)nn2)cc(C)c1O. The van der Waals surface area contributed by atoms with Crippen molar-refractivity contribution in [3.05, 3.63) is 70.5 Å². The van der Waals surface area contributed by atoms with Crippen LogP contribution in [0.1, 0.15) is 110 Å². The number of amides is 3. The standard InChI is InChI=1S/C42H58N6O13/c1-22-14-26(15-23(2)34(22)53)38(56)43-19-31(51)36(55)37-33(45-32(52)21-48-20-28(46-47-48)24-10-7-6-8-11-24)29(49)17-42(60-37,39(57)58)18-30(50)35(54)25-12-9-13-27(16-25)44-40(59)61-41(3,4)5/h9,12-16,20,24,29-31,33,35-37,49-51,53-55H,6-8,10-11,17-19,21H2,1-5H3,(H,43,56)(H,44,59)(H,45,52)(H,57,58)/t29-,30?,31+,33+,35-,36+,37+,42-/m0/s1. The zero-order valence-corrected chi connectivity index (χ0v) is 34.9. The van der Waals surface area contributed by atoms with Crippen molar-refractivity contribution >= 4 is 29.6 Å². The van der Waals surface area contributed by atoms with Gasteiger partial charge in [0.15, 0.2) is 5.60 Å². The van der Waals surface area contributed by atoms with Crippen molar-refractivity contribution in [2.24, 2.45) is 0 Å². The number of phenols is 1. The molecule has 1 saturated heterocycles. The van der Waals surface area contributed by atoms with E-state index in [1.807, 2.05) is 0 Å². The first kappa shape index (κ1) is 46.9. The number of carbonyl (C=O) groups excluding carboxylic acids is 3. The first-order chi connectivity index (χ1) is 28.7. The molecule has 2 heterocycles. The molecule has 2 aliphatic rings. The lowest BCUT2D eigenvalue weighted by atomic mass is 9.79. The van der Waals surface area contributed by atoms with Crippen molar-refractivity contribution < 1.29 is 64.4 Å². The molecule has 61 heavy (non-hydrogen) atoms. The number of aliphatic hydroxyl groups is 5. The van der Waals surface area contributed by atoms with E-state index >= 15 is 0 Å². The quantitative estimate of drug-likeness (QED) is 0.105. The average Bonchev–Trinajstić information content (AvgIpc) is 3.66. The summed E-state index contributed by atoms with van der Waals surface area (Å²) >= 11 is 0. The summed E-state index contributed by atoms with van der Waals surface area (Å²) in [5.41, 5.74) is -1.31. The predicted molar refractivity (Wildman–Crippen MR) is 217 cm³/mol. The number of aryl methyl sites for hydroxylation is 2. The Balaban J connectivity index is 1.36. The second-order valence-corrected chi connectivity index (χ2v) is 17.1. The Labute approximate surface area is 353 Å². The molecular formula is C42H58N6O13. The number of carbonyl (C=O) groups is 4. The van der Waals surface area contributed by atoms with Gasteiger partial charge < -0.3 is 55.9 Å². The van der Waals surface area contributed by atoms with E-state index in [2.05, 4.69) is 26.3 Å². The van der Waals surface area contributed by atoms with E-state index < -0.39 is 97.1 Å². The molecule has 8 atom stereocenters. The number of aromatic nitrogens is 3. The van der Waals surface area contributed by atoms with Crippen LogP contribution in [0.25, 0.3) is 0 Å². The van der Waals surface area contributed by atoms with Gasteiger partial charge in [-0.15, -0.1) is 5.10 Å². The van der Waals surface area contributed by atoms with Crippen LogP contribution in [-0.4, -0.2) is 129 Å². The number of aliphatic hydroxyl groups excluding tert-OH is 5. The number of aliphatic carboxylic acids is 1. The molecule has 19 heteroatoms. The number of carboxylic acids is 1. The van der Waals surface area contributed by atoms with Gasteiger partial charge in [-0.2, -0.15) is 0 Å². The molecule has 0 spiro atoms. The second-order valence-electron chi connectivity index (χ2n) is 17.1. The maximum absolute atomic E-state index is 13.5. The number of anilines is 1. The lowest BCUT2D eigenvalue weighted by Crippen LogP contribution is -2.68. The highest BCUT2D eigenvalue weighted by Crippen LogP contribution is 2.38. The van der Waals surface area contributed by atoms with Gasteiger partial charge in [-0.3, -0.25) is 14.9 Å². The van der Waals surface area contributed by atoms with E-state index in [1.54, 1.807) is 40.8 Å². The Morgan fingerprint density at radius 2 is 1.67 bits per heavy atom. The molecule has 1 saturated carbocycles. The van der Waals surface area contributed by atoms with Crippen LogP contribution in [0, 0.1) is 13.8 Å². The largest absolute Gasteiger partial charge is 0.507 e. The number of nitrogens with zero attached hydrogens (tertiary/aromatic N) is 3. The number of ether oxygens (including phenoxy) is 2. The molecule has 1 aliphatic heterocycles. The number of phenolic OH excluding ortho intramolecular Hbond substituents is 1. The first-order valence-corrected chi connectivity index (χ1v) is 20.4. The van der Waals surface area contributed by atoms with Crippen LogP contribution >= 0.6 is 0 Å². The Morgan fingerprint density at radius 1 is 1.00 bits per heavy atom. The molecule has 1 aromatic heterocycles. The molecular weight excluding hydrogens is 796 g/mol. The normalized spacial score (nSPS) is 23.0. The van der Waals surface area contributed by atoms with Crippen molar-refractivity contribution in [2.75, 3.05) is 11.9 Å². The highest BCUT2D eigenvalue weighted by atomic mass is 16.6. The van der Waals surface area contributed by atoms with Crippen molar-refractivity contribution in [3.63, 3.8) is 0 Å². The fraction of sp³-hybridized carbons (Fsp3) is 0.571. The van der Waals surface area contributed by atoms with Gasteiger partial charge in [0, 0.05) is 42.8 Å². The number of hydrogen-bond donors (Lipinski definition) is 10. The third-order valence-corrected chi connectivity index (χ3v) is 11.0. The van der Waals surface area contributed by atoms with Crippen molar-refractivity contribution in [1.82, 2.24) is 25.6 Å². The fourth-order valence-corrected chi connectivity index (χ4v) is 7.86. The van der Waals surface area contributed by atoms with E-state index in [9.17, 15) is 54.9 Å². The molecule has 1 aliphatic carbocycles. The van der Waals surface area contributed by atoms with Gasteiger partial charge in [-0.05, 0) is 88.4 Å².